The first kappa shape index (κ1) is 11.0. The number of piperazine rings is 1. The summed E-state index contributed by atoms with van der Waals surface area (Å²) in [6.45, 7) is 5.77. The summed E-state index contributed by atoms with van der Waals surface area (Å²) in [5, 5.41) is 3.54. The molecule has 3 aliphatic rings. The maximum Gasteiger partial charge on any atom is 0.0702 e. The van der Waals surface area contributed by atoms with Gasteiger partial charge in [-0.05, 0) is 38.0 Å². The summed E-state index contributed by atoms with van der Waals surface area (Å²) in [4.78, 5) is 2.70. The summed E-state index contributed by atoms with van der Waals surface area (Å²) >= 11 is 0. The molecule has 2 aliphatic heterocycles. The lowest BCUT2D eigenvalue weighted by Crippen LogP contribution is -2.54. The van der Waals surface area contributed by atoms with E-state index in [2.05, 4.69) is 10.2 Å². The second-order valence-corrected chi connectivity index (χ2v) is 5.59. The molecule has 0 radical (unpaired) electrons. The van der Waals surface area contributed by atoms with Gasteiger partial charge in [0.1, 0.15) is 0 Å². The van der Waals surface area contributed by atoms with Crippen LogP contribution in [0.1, 0.15) is 32.1 Å². The fourth-order valence-corrected chi connectivity index (χ4v) is 3.15. The van der Waals surface area contributed by atoms with E-state index < -0.39 is 0 Å². The van der Waals surface area contributed by atoms with Crippen LogP contribution in [0, 0.1) is 5.92 Å². The molecule has 0 aromatic carbocycles. The molecular weight excluding hydrogens is 200 g/mol. The lowest BCUT2D eigenvalue weighted by molar-refractivity contribution is -0.0194. The van der Waals surface area contributed by atoms with Crippen molar-refractivity contribution in [2.75, 3.05) is 32.8 Å². The van der Waals surface area contributed by atoms with Gasteiger partial charge in [0, 0.05) is 38.8 Å². The van der Waals surface area contributed by atoms with Crippen LogP contribution in [0.2, 0.25) is 0 Å². The van der Waals surface area contributed by atoms with E-state index in [0.29, 0.717) is 6.10 Å². The Morgan fingerprint density at radius 2 is 2.12 bits per heavy atom. The highest BCUT2D eigenvalue weighted by Crippen LogP contribution is 2.36. The van der Waals surface area contributed by atoms with E-state index in [1.54, 1.807) is 0 Å². The van der Waals surface area contributed by atoms with E-state index in [4.69, 9.17) is 4.74 Å². The highest BCUT2D eigenvalue weighted by atomic mass is 16.5. The van der Waals surface area contributed by atoms with Crippen molar-refractivity contribution >= 4 is 0 Å². The highest BCUT2D eigenvalue weighted by Gasteiger charge is 2.37. The zero-order valence-electron chi connectivity index (χ0n) is 10.2. The molecule has 16 heavy (non-hydrogen) atoms. The van der Waals surface area contributed by atoms with E-state index in [9.17, 15) is 0 Å². The first-order valence-corrected chi connectivity index (χ1v) is 7.00. The second-order valence-electron chi connectivity index (χ2n) is 5.59. The Bertz CT molecular complexity index is 224. The molecule has 0 amide bonds. The zero-order chi connectivity index (χ0) is 10.8. The van der Waals surface area contributed by atoms with Gasteiger partial charge in [0.2, 0.25) is 0 Å². The van der Waals surface area contributed by atoms with Crippen LogP contribution in [0.5, 0.6) is 0 Å². The van der Waals surface area contributed by atoms with E-state index >= 15 is 0 Å². The second kappa shape index (κ2) is 5.03. The van der Waals surface area contributed by atoms with Crippen LogP contribution < -0.4 is 5.32 Å². The molecule has 0 aromatic heterocycles. The third kappa shape index (κ3) is 2.58. The maximum atomic E-state index is 5.87. The average Bonchev–Trinajstić information content (AvgIpc) is 3.15. The Balaban J connectivity index is 1.53. The number of hydrogen-bond acceptors (Lipinski definition) is 3. The fraction of sp³-hybridized carbons (Fsp3) is 1.00. The number of nitrogens with one attached hydrogen (secondary N) is 1. The molecule has 1 N–H and O–H groups in total. The first-order valence-electron chi connectivity index (χ1n) is 7.00. The Hall–Kier alpha value is -0.120. The Morgan fingerprint density at radius 1 is 1.19 bits per heavy atom. The Kier molecular flexibility index (Phi) is 3.46. The molecule has 0 spiro atoms. The minimum Gasteiger partial charge on any atom is -0.377 e. The van der Waals surface area contributed by atoms with Crippen molar-refractivity contribution in [3.63, 3.8) is 0 Å². The third-order valence-corrected chi connectivity index (χ3v) is 4.28. The third-order valence-electron chi connectivity index (χ3n) is 4.28. The molecule has 92 valence electrons. The van der Waals surface area contributed by atoms with Crippen molar-refractivity contribution in [3.05, 3.63) is 0 Å². The summed E-state index contributed by atoms with van der Waals surface area (Å²) in [7, 11) is 0. The maximum absolute atomic E-state index is 5.87. The minimum absolute atomic E-state index is 0.521. The number of nitrogens with zero attached hydrogens (tertiary/aromatic N) is 1. The largest absolute Gasteiger partial charge is 0.377 e. The van der Waals surface area contributed by atoms with Gasteiger partial charge in [-0.3, -0.25) is 4.90 Å². The van der Waals surface area contributed by atoms with Crippen molar-refractivity contribution in [2.24, 2.45) is 5.92 Å². The molecule has 2 unspecified atom stereocenters. The van der Waals surface area contributed by atoms with Crippen molar-refractivity contribution in [1.82, 2.24) is 10.2 Å². The van der Waals surface area contributed by atoms with Crippen LogP contribution in [0.15, 0.2) is 0 Å². The molecule has 0 aromatic rings. The molecular formula is C13H24N2O. The Labute approximate surface area is 98.5 Å². The quantitative estimate of drug-likeness (QED) is 0.780. The lowest BCUT2D eigenvalue weighted by atomic mass is 10.0. The number of hydrogen-bond donors (Lipinski definition) is 1. The van der Waals surface area contributed by atoms with Gasteiger partial charge < -0.3 is 10.1 Å². The van der Waals surface area contributed by atoms with E-state index in [1.807, 2.05) is 0 Å². The van der Waals surface area contributed by atoms with Gasteiger partial charge in [0.15, 0.2) is 0 Å². The standard InChI is InChI=1S/C13H24N2O/c1-2-8-16-12(3-1)10-15-7-6-14-9-13(15)11-4-5-11/h11-14H,1-10H2. The van der Waals surface area contributed by atoms with Gasteiger partial charge >= 0.3 is 0 Å². The summed E-state index contributed by atoms with van der Waals surface area (Å²) in [6.07, 6.45) is 7.34. The summed E-state index contributed by atoms with van der Waals surface area (Å²) in [5.74, 6) is 0.983. The molecule has 2 saturated heterocycles. The molecule has 1 saturated carbocycles. The van der Waals surface area contributed by atoms with Gasteiger partial charge in [-0.1, -0.05) is 0 Å². The van der Waals surface area contributed by atoms with Crippen LogP contribution in [0.25, 0.3) is 0 Å². The van der Waals surface area contributed by atoms with Gasteiger partial charge in [-0.2, -0.15) is 0 Å². The van der Waals surface area contributed by atoms with Crippen molar-refractivity contribution in [3.8, 4) is 0 Å². The molecule has 3 rings (SSSR count). The molecule has 1 aliphatic carbocycles. The topological polar surface area (TPSA) is 24.5 Å². The highest BCUT2D eigenvalue weighted by molar-refractivity contribution is 4.93. The SMILES string of the molecule is C1CCC(CN2CCNCC2C2CC2)OC1. The summed E-state index contributed by atoms with van der Waals surface area (Å²) in [6, 6.07) is 0.805. The Morgan fingerprint density at radius 3 is 2.88 bits per heavy atom. The van der Waals surface area contributed by atoms with Gasteiger partial charge in [0.25, 0.3) is 0 Å². The van der Waals surface area contributed by atoms with Crippen molar-refractivity contribution in [2.45, 2.75) is 44.2 Å². The first-order chi connectivity index (χ1) is 7.93. The predicted molar refractivity (Wildman–Crippen MR) is 64.5 cm³/mol. The average molecular weight is 224 g/mol. The van der Waals surface area contributed by atoms with Crippen molar-refractivity contribution < 1.29 is 4.74 Å². The smallest absolute Gasteiger partial charge is 0.0702 e. The normalized spacial score (nSPS) is 37.5. The molecule has 3 heteroatoms. The van der Waals surface area contributed by atoms with Crippen LogP contribution >= 0.6 is 0 Å². The van der Waals surface area contributed by atoms with Gasteiger partial charge in [-0.25, -0.2) is 0 Å². The molecule has 3 fully saturated rings. The number of ether oxygens (including phenoxy) is 1. The summed E-state index contributed by atoms with van der Waals surface area (Å²) < 4.78 is 5.87. The van der Waals surface area contributed by atoms with Crippen LogP contribution in [-0.4, -0.2) is 49.8 Å². The van der Waals surface area contributed by atoms with Crippen molar-refractivity contribution in [1.29, 1.82) is 0 Å². The summed E-state index contributed by atoms with van der Waals surface area (Å²) in [5.41, 5.74) is 0. The zero-order valence-corrected chi connectivity index (χ0v) is 10.2. The molecule has 0 bridgehead atoms. The minimum atomic E-state index is 0.521. The number of rotatable bonds is 3. The monoisotopic (exact) mass is 224 g/mol. The van der Waals surface area contributed by atoms with Gasteiger partial charge in [0.05, 0.1) is 6.10 Å². The fourth-order valence-electron chi connectivity index (χ4n) is 3.15. The molecule has 2 atom stereocenters. The van der Waals surface area contributed by atoms with Crippen LogP contribution in [0.4, 0.5) is 0 Å². The molecule has 3 nitrogen and oxygen atoms in total. The van der Waals surface area contributed by atoms with E-state index in [-0.39, 0.29) is 0 Å². The lowest BCUT2D eigenvalue weighted by Gasteiger charge is -2.39. The van der Waals surface area contributed by atoms with Crippen LogP contribution in [-0.2, 0) is 4.74 Å². The van der Waals surface area contributed by atoms with E-state index in [0.717, 1.165) is 25.1 Å². The predicted octanol–water partition coefficient (Wildman–Crippen LogP) is 1.24. The molecule has 2 heterocycles. The van der Waals surface area contributed by atoms with Gasteiger partial charge in [-0.15, -0.1) is 0 Å². The van der Waals surface area contributed by atoms with E-state index in [1.165, 1.54) is 51.7 Å². The van der Waals surface area contributed by atoms with Crippen LogP contribution in [0.3, 0.4) is 0 Å².